The lowest BCUT2D eigenvalue weighted by molar-refractivity contribution is -0.197. The summed E-state index contributed by atoms with van der Waals surface area (Å²) in [5.74, 6) is 0.915. The summed E-state index contributed by atoms with van der Waals surface area (Å²) in [5.41, 5.74) is 2.84. The maximum Gasteiger partial charge on any atom is 0.178 e. The molecule has 1 heterocycles. The number of allylic oxidation sites excluding steroid dienone is 4. The Morgan fingerprint density at radius 3 is 2.60 bits per heavy atom. The van der Waals surface area contributed by atoms with Gasteiger partial charge in [0, 0.05) is 21.6 Å². The number of rotatable bonds is 6. The van der Waals surface area contributed by atoms with Gasteiger partial charge in [-0.2, -0.15) is 0 Å². The zero-order valence-electron chi connectivity index (χ0n) is 24.8. The van der Waals surface area contributed by atoms with Crippen LogP contribution in [0.4, 0.5) is 0 Å². The van der Waals surface area contributed by atoms with E-state index in [1.54, 1.807) is 23.9 Å². The number of hydrogen-bond donors (Lipinski definition) is 1. The van der Waals surface area contributed by atoms with E-state index in [1.807, 2.05) is 6.08 Å². The Bertz CT molecular complexity index is 1280. The zero-order valence-corrected chi connectivity index (χ0v) is 25.6. The van der Waals surface area contributed by atoms with Crippen LogP contribution in [0.15, 0.2) is 40.8 Å². The fourth-order valence-electron chi connectivity index (χ4n) is 9.64. The molecule has 1 aliphatic heterocycles. The Morgan fingerprint density at radius 1 is 1.18 bits per heavy atom. The highest BCUT2D eigenvalue weighted by atomic mass is 32.2. The van der Waals surface area contributed by atoms with E-state index in [0.29, 0.717) is 12.2 Å². The second-order valence-corrected chi connectivity index (χ2v) is 14.6. The van der Waals surface area contributed by atoms with Crippen LogP contribution in [0.25, 0.3) is 0 Å². The Balaban J connectivity index is 1.35. The molecular formula is C34H44O5S. The number of benzene rings is 1. The highest BCUT2D eigenvalue weighted by Crippen LogP contribution is 2.69. The molecule has 1 aromatic carbocycles. The summed E-state index contributed by atoms with van der Waals surface area (Å²) in [5, 5.41) is 11.9. The first kappa shape index (κ1) is 28.4. The number of thioether (sulfide) groups is 1. The van der Waals surface area contributed by atoms with Crippen LogP contribution in [0.2, 0.25) is 0 Å². The summed E-state index contributed by atoms with van der Waals surface area (Å²) in [7, 11) is 0. The molecule has 4 aliphatic carbocycles. The van der Waals surface area contributed by atoms with Crippen molar-refractivity contribution in [2.24, 2.45) is 28.6 Å². The lowest BCUT2D eigenvalue weighted by Crippen LogP contribution is -2.63. The Hall–Kier alpha value is -1.73. The van der Waals surface area contributed by atoms with Crippen LogP contribution in [0.3, 0.4) is 0 Å². The summed E-state index contributed by atoms with van der Waals surface area (Å²) >= 11 is 1.62. The van der Waals surface area contributed by atoms with Gasteiger partial charge >= 0.3 is 0 Å². The normalized spacial score (nSPS) is 41.7. The van der Waals surface area contributed by atoms with Crippen LogP contribution in [-0.2, 0) is 19.1 Å². The van der Waals surface area contributed by atoms with Crippen molar-refractivity contribution in [1.82, 2.24) is 0 Å². The standard InChI is InChI=1S/C34H44O5S/c1-7-8-29-38-28-16-25-24-10-9-22-15-23(35)11-12-32(22,5)30(24)26(36)17-33(25,6)34(28,39-29)27(37)18-40-31-20(3)13-19(2)14-21(31)4/h11-15,24-26,28-30,36H,7-10,16-18H2,1-6H3/t24?,25?,26-,28+,29?,30?,32?,33?,34-/m0/s1. The Kier molecular flexibility index (Phi) is 7.05. The van der Waals surface area contributed by atoms with Crippen LogP contribution in [0.5, 0.6) is 0 Å². The molecule has 0 bridgehead atoms. The van der Waals surface area contributed by atoms with Crippen molar-refractivity contribution in [2.45, 2.75) is 109 Å². The number of carbonyl (C=O) groups is 2. The van der Waals surface area contributed by atoms with Crippen molar-refractivity contribution in [2.75, 3.05) is 5.75 Å². The number of aryl methyl sites for hydroxylation is 3. The molecule has 40 heavy (non-hydrogen) atoms. The van der Waals surface area contributed by atoms with Crippen molar-refractivity contribution in [3.05, 3.63) is 52.6 Å². The number of fused-ring (bicyclic) bond motifs is 7. The van der Waals surface area contributed by atoms with E-state index in [9.17, 15) is 14.7 Å². The number of hydrogen-bond acceptors (Lipinski definition) is 6. The van der Waals surface area contributed by atoms with Crippen molar-refractivity contribution in [3.8, 4) is 0 Å². The second kappa shape index (κ2) is 9.93. The largest absolute Gasteiger partial charge is 0.393 e. The lowest BCUT2D eigenvalue weighted by atomic mass is 9.46. The van der Waals surface area contributed by atoms with Gasteiger partial charge in [0.25, 0.3) is 0 Å². The number of Topliss-reactive ketones (excluding diaryl/α,β-unsaturated/α-hetero) is 1. The summed E-state index contributed by atoms with van der Waals surface area (Å²) in [6.45, 7) is 12.8. The monoisotopic (exact) mass is 564 g/mol. The van der Waals surface area contributed by atoms with E-state index >= 15 is 0 Å². The van der Waals surface area contributed by atoms with Gasteiger partial charge in [-0.05, 0) is 88.0 Å². The van der Waals surface area contributed by atoms with Gasteiger partial charge in [-0.15, -0.1) is 11.8 Å². The van der Waals surface area contributed by atoms with E-state index < -0.39 is 17.1 Å². The van der Waals surface area contributed by atoms with Crippen molar-refractivity contribution in [1.29, 1.82) is 0 Å². The molecule has 6 unspecified atom stereocenters. The molecule has 1 aromatic rings. The molecule has 0 amide bonds. The molecule has 1 saturated heterocycles. The van der Waals surface area contributed by atoms with Gasteiger partial charge < -0.3 is 14.6 Å². The zero-order chi connectivity index (χ0) is 28.6. The predicted octanol–water partition coefficient (Wildman–Crippen LogP) is 6.44. The second-order valence-electron chi connectivity index (χ2n) is 13.6. The van der Waals surface area contributed by atoms with E-state index in [1.165, 1.54) is 16.7 Å². The fraction of sp³-hybridized carbons (Fsp3) is 0.647. The minimum Gasteiger partial charge on any atom is -0.393 e. The van der Waals surface area contributed by atoms with Crippen LogP contribution in [0, 0.1) is 49.4 Å². The molecule has 0 radical (unpaired) electrons. The predicted molar refractivity (Wildman–Crippen MR) is 157 cm³/mol. The molecule has 6 rings (SSSR count). The summed E-state index contributed by atoms with van der Waals surface area (Å²) < 4.78 is 13.4. The maximum atomic E-state index is 14.6. The van der Waals surface area contributed by atoms with E-state index in [0.717, 1.165) is 42.6 Å². The van der Waals surface area contributed by atoms with E-state index in [-0.39, 0.29) is 47.1 Å². The van der Waals surface area contributed by atoms with Crippen LogP contribution in [-0.4, -0.2) is 46.5 Å². The van der Waals surface area contributed by atoms with Crippen molar-refractivity contribution in [3.63, 3.8) is 0 Å². The molecule has 0 aromatic heterocycles. The SMILES string of the molecule is CCCC1O[C@@H]2CC3C4CCC5=CC(=O)C=CC5(C)C4[C@@H](O)CC3(C)[C@@]2(C(=O)CSc2c(C)cc(C)cc2C)O1. The molecule has 5 nitrogen and oxygen atoms in total. The fourth-order valence-corrected chi connectivity index (χ4v) is 10.7. The van der Waals surface area contributed by atoms with Crippen LogP contribution >= 0.6 is 11.8 Å². The molecule has 3 saturated carbocycles. The van der Waals surface area contributed by atoms with Crippen molar-refractivity contribution >= 4 is 23.3 Å². The van der Waals surface area contributed by atoms with Gasteiger partial charge in [0.15, 0.2) is 23.5 Å². The van der Waals surface area contributed by atoms with E-state index in [2.05, 4.69) is 53.7 Å². The third kappa shape index (κ3) is 4.00. The summed E-state index contributed by atoms with van der Waals surface area (Å²) in [6, 6.07) is 4.36. The molecule has 5 aliphatic rings. The molecule has 6 heteroatoms. The topological polar surface area (TPSA) is 72.8 Å². The number of ether oxygens (including phenoxy) is 2. The third-order valence-corrected chi connectivity index (χ3v) is 12.5. The molecule has 1 N–H and O–H groups in total. The average Bonchev–Trinajstić information content (AvgIpc) is 3.35. The van der Waals surface area contributed by atoms with E-state index in [4.69, 9.17) is 9.47 Å². The van der Waals surface area contributed by atoms with Crippen LogP contribution < -0.4 is 0 Å². The van der Waals surface area contributed by atoms with Gasteiger partial charge in [-0.3, -0.25) is 9.59 Å². The van der Waals surface area contributed by atoms with Gasteiger partial charge in [0.2, 0.25) is 0 Å². The first-order valence-corrected chi connectivity index (χ1v) is 16.1. The Morgan fingerprint density at radius 2 is 1.90 bits per heavy atom. The molecule has 216 valence electrons. The smallest absolute Gasteiger partial charge is 0.178 e. The minimum absolute atomic E-state index is 0.0135. The maximum absolute atomic E-state index is 14.6. The number of aliphatic hydroxyl groups excluding tert-OH is 1. The highest BCUT2D eigenvalue weighted by molar-refractivity contribution is 8.00. The van der Waals surface area contributed by atoms with Gasteiger partial charge in [-0.25, -0.2) is 0 Å². The molecule has 0 spiro atoms. The van der Waals surface area contributed by atoms with Crippen LogP contribution in [0.1, 0.15) is 76.0 Å². The highest BCUT2D eigenvalue weighted by Gasteiger charge is 2.75. The Labute approximate surface area is 243 Å². The summed E-state index contributed by atoms with van der Waals surface area (Å²) in [4.78, 5) is 27.9. The van der Waals surface area contributed by atoms with Crippen molar-refractivity contribution < 1.29 is 24.2 Å². The minimum atomic E-state index is -1.06. The number of ketones is 2. The first-order valence-electron chi connectivity index (χ1n) is 15.1. The third-order valence-electron chi connectivity index (χ3n) is 11.2. The number of carbonyl (C=O) groups excluding carboxylic acids is 2. The lowest BCUT2D eigenvalue weighted by Gasteiger charge is -2.59. The van der Waals surface area contributed by atoms with Gasteiger partial charge in [0.05, 0.1) is 18.0 Å². The average molecular weight is 565 g/mol. The molecule has 9 atom stereocenters. The van der Waals surface area contributed by atoms with Gasteiger partial charge in [-0.1, -0.05) is 56.5 Å². The van der Waals surface area contributed by atoms with Gasteiger partial charge in [0.1, 0.15) is 0 Å². The molecular weight excluding hydrogens is 520 g/mol. The quantitative estimate of drug-likeness (QED) is 0.401. The summed E-state index contributed by atoms with van der Waals surface area (Å²) in [6.07, 6.45) is 8.95. The first-order chi connectivity index (χ1) is 18.9. The molecule has 4 fully saturated rings. The number of aliphatic hydroxyl groups is 1.